The Morgan fingerprint density at radius 2 is 2.11 bits per heavy atom. The summed E-state index contributed by atoms with van der Waals surface area (Å²) >= 11 is 0. The van der Waals surface area contributed by atoms with Crippen LogP contribution in [0.4, 0.5) is 0 Å². The van der Waals surface area contributed by atoms with Gasteiger partial charge in [-0.1, -0.05) is 37.1 Å². The number of hydrogen-bond acceptors (Lipinski definition) is 3. The van der Waals surface area contributed by atoms with Crippen molar-refractivity contribution in [1.29, 1.82) is 0 Å². The summed E-state index contributed by atoms with van der Waals surface area (Å²) in [5, 5.41) is 10.1. The van der Waals surface area contributed by atoms with Gasteiger partial charge in [0.15, 0.2) is 0 Å². The van der Waals surface area contributed by atoms with Crippen LogP contribution in [0, 0.1) is 13.8 Å². The van der Waals surface area contributed by atoms with Gasteiger partial charge in [0.2, 0.25) is 0 Å². The Kier molecular flexibility index (Phi) is 6.57. The summed E-state index contributed by atoms with van der Waals surface area (Å²) in [6.45, 7) is 6.50. The van der Waals surface area contributed by atoms with E-state index in [0.717, 1.165) is 29.5 Å². The van der Waals surface area contributed by atoms with Crippen molar-refractivity contribution < 1.29 is 14.6 Å². The fourth-order valence-corrected chi connectivity index (χ4v) is 1.93. The molecule has 0 saturated carbocycles. The van der Waals surface area contributed by atoms with E-state index in [1.165, 1.54) is 0 Å². The Morgan fingerprint density at radius 1 is 1.37 bits per heavy atom. The van der Waals surface area contributed by atoms with E-state index in [-0.39, 0.29) is 12.4 Å². The molecule has 1 rings (SSSR count). The third kappa shape index (κ3) is 5.43. The molecule has 0 heterocycles. The van der Waals surface area contributed by atoms with Gasteiger partial charge in [0.05, 0.1) is 12.7 Å². The lowest BCUT2D eigenvalue weighted by molar-refractivity contribution is -0.144. The molecule has 3 heteroatoms. The van der Waals surface area contributed by atoms with E-state index in [2.05, 4.69) is 6.92 Å². The van der Waals surface area contributed by atoms with Gasteiger partial charge in [-0.2, -0.15) is 0 Å². The molecule has 0 aliphatic rings. The monoisotopic (exact) mass is 264 g/mol. The van der Waals surface area contributed by atoms with E-state index in [9.17, 15) is 9.90 Å². The molecule has 0 saturated heterocycles. The molecule has 0 radical (unpaired) electrons. The standard InChI is InChI=1S/C16H24O3/c1-4-5-10-19-16(18)9-8-15(17)14-11-12(2)6-7-13(14)3/h6-7,11,15,17H,4-5,8-10H2,1-3H3. The summed E-state index contributed by atoms with van der Waals surface area (Å²) in [5.41, 5.74) is 3.07. The van der Waals surface area contributed by atoms with Gasteiger partial charge in [-0.3, -0.25) is 4.79 Å². The van der Waals surface area contributed by atoms with Gasteiger partial charge in [-0.25, -0.2) is 0 Å². The Morgan fingerprint density at radius 3 is 2.79 bits per heavy atom. The van der Waals surface area contributed by atoms with E-state index in [1.807, 2.05) is 32.0 Å². The number of carbonyl (C=O) groups excluding carboxylic acids is 1. The predicted molar refractivity (Wildman–Crippen MR) is 76.0 cm³/mol. The second-order valence-electron chi connectivity index (χ2n) is 4.99. The van der Waals surface area contributed by atoms with Gasteiger partial charge in [0.1, 0.15) is 0 Å². The highest BCUT2D eigenvalue weighted by molar-refractivity contribution is 5.69. The fourth-order valence-electron chi connectivity index (χ4n) is 1.93. The van der Waals surface area contributed by atoms with E-state index in [0.29, 0.717) is 13.0 Å². The third-order valence-corrected chi connectivity index (χ3v) is 3.18. The van der Waals surface area contributed by atoms with Crippen LogP contribution >= 0.6 is 0 Å². The first-order valence-electron chi connectivity index (χ1n) is 6.95. The topological polar surface area (TPSA) is 46.5 Å². The number of esters is 1. The molecule has 1 N–H and O–H groups in total. The molecule has 0 aliphatic carbocycles. The lowest BCUT2D eigenvalue weighted by atomic mass is 9.98. The SMILES string of the molecule is CCCCOC(=O)CCC(O)c1cc(C)ccc1C. The minimum Gasteiger partial charge on any atom is -0.466 e. The molecule has 3 nitrogen and oxygen atoms in total. The molecule has 0 aromatic heterocycles. The van der Waals surface area contributed by atoms with E-state index in [1.54, 1.807) is 0 Å². The van der Waals surface area contributed by atoms with Gasteiger partial charge in [-0.15, -0.1) is 0 Å². The van der Waals surface area contributed by atoms with Crippen LogP contribution in [0.5, 0.6) is 0 Å². The van der Waals surface area contributed by atoms with Gasteiger partial charge >= 0.3 is 5.97 Å². The Hall–Kier alpha value is -1.35. The molecule has 0 bridgehead atoms. The molecular formula is C16H24O3. The smallest absolute Gasteiger partial charge is 0.305 e. The Balaban J connectivity index is 2.44. The molecule has 106 valence electrons. The highest BCUT2D eigenvalue weighted by atomic mass is 16.5. The number of aryl methyl sites for hydroxylation is 2. The van der Waals surface area contributed by atoms with E-state index >= 15 is 0 Å². The lowest BCUT2D eigenvalue weighted by Crippen LogP contribution is -2.09. The first kappa shape index (κ1) is 15.7. The van der Waals surface area contributed by atoms with Crippen molar-refractivity contribution in [3.63, 3.8) is 0 Å². The van der Waals surface area contributed by atoms with Crippen LogP contribution in [0.25, 0.3) is 0 Å². The van der Waals surface area contributed by atoms with Crippen molar-refractivity contribution in [1.82, 2.24) is 0 Å². The summed E-state index contributed by atoms with van der Waals surface area (Å²) < 4.78 is 5.07. The van der Waals surface area contributed by atoms with Crippen LogP contribution in [-0.2, 0) is 9.53 Å². The van der Waals surface area contributed by atoms with Crippen molar-refractivity contribution in [2.45, 2.75) is 52.6 Å². The average Bonchev–Trinajstić information content (AvgIpc) is 2.39. The molecule has 1 aromatic carbocycles. The largest absolute Gasteiger partial charge is 0.466 e. The van der Waals surface area contributed by atoms with Crippen LogP contribution in [0.2, 0.25) is 0 Å². The first-order valence-corrected chi connectivity index (χ1v) is 6.95. The number of aliphatic hydroxyl groups is 1. The molecule has 0 spiro atoms. The summed E-state index contributed by atoms with van der Waals surface area (Å²) in [6.07, 6.45) is 1.98. The molecule has 1 unspecified atom stereocenters. The summed E-state index contributed by atoms with van der Waals surface area (Å²) in [6, 6.07) is 5.99. The molecule has 19 heavy (non-hydrogen) atoms. The number of unbranched alkanes of at least 4 members (excludes halogenated alkanes) is 1. The molecule has 0 fully saturated rings. The number of ether oxygens (including phenoxy) is 1. The van der Waals surface area contributed by atoms with Gasteiger partial charge in [0.25, 0.3) is 0 Å². The number of benzene rings is 1. The zero-order valence-corrected chi connectivity index (χ0v) is 12.1. The quantitative estimate of drug-likeness (QED) is 0.606. The lowest BCUT2D eigenvalue weighted by Gasteiger charge is -2.14. The summed E-state index contributed by atoms with van der Waals surface area (Å²) in [4.78, 5) is 11.5. The van der Waals surface area contributed by atoms with Crippen LogP contribution in [0.15, 0.2) is 18.2 Å². The maximum absolute atomic E-state index is 11.5. The fraction of sp³-hybridized carbons (Fsp3) is 0.562. The number of rotatable bonds is 7. The number of hydrogen-bond donors (Lipinski definition) is 1. The minimum atomic E-state index is -0.598. The van der Waals surface area contributed by atoms with Crippen molar-refractivity contribution in [3.8, 4) is 0 Å². The van der Waals surface area contributed by atoms with Crippen molar-refractivity contribution in [2.75, 3.05) is 6.61 Å². The third-order valence-electron chi connectivity index (χ3n) is 3.18. The minimum absolute atomic E-state index is 0.224. The van der Waals surface area contributed by atoms with Crippen molar-refractivity contribution in [3.05, 3.63) is 34.9 Å². The van der Waals surface area contributed by atoms with Crippen LogP contribution in [-0.4, -0.2) is 17.7 Å². The molecule has 1 aromatic rings. The highest BCUT2D eigenvalue weighted by Gasteiger charge is 2.13. The van der Waals surface area contributed by atoms with Gasteiger partial charge in [0, 0.05) is 6.42 Å². The molecule has 0 amide bonds. The summed E-state index contributed by atoms with van der Waals surface area (Å²) in [7, 11) is 0. The maximum Gasteiger partial charge on any atom is 0.305 e. The second-order valence-corrected chi connectivity index (χ2v) is 4.99. The zero-order chi connectivity index (χ0) is 14.3. The number of carbonyl (C=O) groups is 1. The highest BCUT2D eigenvalue weighted by Crippen LogP contribution is 2.23. The van der Waals surface area contributed by atoms with Crippen LogP contribution in [0.3, 0.4) is 0 Å². The second kappa shape index (κ2) is 7.95. The number of aliphatic hydroxyl groups excluding tert-OH is 1. The van der Waals surface area contributed by atoms with Crippen LogP contribution in [0.1, 0.15) is 55.4 Å². The van der Waals surface area contributed by atoms with Gasteiger partial charge in [-0.05, 0) is 37.8 Å². The maximum atomic E-state index is 11.5. The van der Waals surface area contributed by atoms with Crippen molar-refractivity contribution in [2.24, 2.45) is 0 Å². The van der Waals surface area contributed by atoms with E-state index < -0.39 is 6.10 Å². The van der Waals surface area contributed by atoms with Crippen molar-refractivity contribution >= 4 is 5.97 Å². The normalized spacial score (nSPS) is 12.2. The molecule has 1 atom stereocenters. The average molecular weight is 264 g/mol. The Labute approximate surface area is 115 Å². The van der Waals surface area contributed by atoms with Crippen LogP contribution < -0.4 is 0 Å². The van der Waals surface area contributed by atoms with Gasteiger partial charge < -0.3 is 9.84 Å². The zero-order valence-electron chi connectivity index (χ0n) is 12.1. The predicted octanol–water partition coefficient (Wildman–Crippen LogP) is 3.46. The molecule has 0 aliphatic heterocycles. The molecular weight excluding hydrogens is 240 g/mol. The van der Waals surface area contributed by atoms with E-state index in [4.69, 9.17) is 4.74 Å². The first-order chi connectivity index (χ1) is 9.04. The summed E-state index contributed by atoms with van der Waals surface area (Å²) in [5.74, 6) is -0.224. The Bertz CT molecular complexity index is 412.